The first-order valence-corrected chi connectivity index (χ1v) is 7.62. The molecule has 0 aromatic heterocycles. The Morgan fingerprint density at radius 1 is 1.13 bits per heavy atom. The highest BCUT2D eigenvalue weighted by Gasteiger charge is 2.48. The Morgan fingerprint density at radius 2 is 1.74 bits per heavy atom. The van der Waals surface area contributed by atoms with Crippen molar-refractivity contribution in [3.63, 3.8) is 0 Å². The summed E-state index contributed by atoms with van der Waals surface area (Å²) in [5.74, 6) is -0.327. The van der Waals surface area contributed by atoms with Crippen molar-refractivity contribution in [1.82, 2.24) is 5.06 Å². The molecule has 0 unspecified atom stereocenters. The highest BCUT2D eigenvalue weighted by Crippen LogP contribution is 2.41. The van der Waals surface area contributed by atoms with Gasteiger partial charge < -0.3 is 9.84 Å². The van der Waals surface area contributed by atoms with Gasteiger partial charge in [0.15, 0.2) is 6.79 Å². The number of methoxy groups -OCH3 is 1. The number of carbonyl (C=O) groups is 1. The lowest BCUT2D eigenvalue weighted by atomic mass is 9.88. The average Bonchev–Trinajstić information content (AvgIpc) is 2.63. The van der Waals surface area contributed by atoms with Gasteiger partial charge in [0.25, 0.3) is 5.91 Å². The molecule has 0 spiro atoms. The Balaban J connectivity index is 2.62. The lowest BCUT2D eigenvalue weighted by molar-refractivity contribution is -0.238. The van der Waals surface area contributed by atoms with Crippen LogP contribution in [0.5, 0.6) is 0 Å². The molecule has 1 N–H and O–H groups in total. The molecule has 126 valence electrons. The zero-order valence-electron chi connectivity index (χ0n) is 14.9. The Bertz CT molecular complexity index is 689. The molecule has 0 radical (unpaired) electrons. The molecule has 1 aromatic carbocycles. The van der Waals surface area contributed by atoms with E-state index in [1.54, 1.807) is 13.8 Å². The van der Waals surface area contributed by atoms with Gasteiger partial charge >= 0.3 is 0 Å². The second-order valence-electron chi connectivity index (χ2n) is 6.55. The summed E-state index contributed by atoms with van der Waals surface area (Å²) in [5, 5.41) is 11.9. The van der Waals surface area contributed by atoms with Gasteiger partial charge in [-0.2, -0.15) is 0 Å². The zero-order chi connectivity index (χ0) is 17.5. The summed E-state index contributed by atoms with van der Waals surface area (Å²) in [6.45, 7) is 11.4. The third-order valence-electron chi connectivity index (χ3n) is 4.63. The highest BCUT2D eigenvalue weighted by atomic mass is 16.8. The predicted octanol–water partition coefficient (Wildman–Crippen LogP) is 3.35. The van der Waals surface area contributed by atoms with Crippen LogP contribution in [0.2, 0.25) is 0 Å². The van der Waals surface area contributed by atoms with Crippen molar-refractivity contribution in [2.24, 2.45) is 0 Å². The van der Waals surface area contributed by atoms with Gasteiger partial charge in [-0.05, 0) is 69.4 Å². The van der Waals surface area contributed by atoms with E-state index < -0.39 is 5.54 Å². The molecular formula is C18H25NO4. The fourth-order valence-electron chi connectivity index (χ4n) is 3.08. The van der Waals surface area contributed by atoms with E-state index in [0.29, 0.717) is 5.57 Å². The second kappa shape index (κ2) is 5.98. The zero-order valence-corrected chi connectivity index (χ0v) is 14.9. The maximum atomic E-state index is 12.9. The van der Waals surface area contributed by atoms with Gasteiger partial charge in [0.05, 0.1) is 5.57 Å². The van der Waals surface area contributed by atoms with Crippen LogP contribution >= 0.6 is 0 Å². The van der Waals surface area contributed by atoms with Crippen molar-refractivity contribution in [3.05, 3.63) is 39.6 Å². The maximum absolute atomic E-state index is 12.9. The fraction of sp³-hybridized carbons (Fsp3) is 0.500. The Labute approximate surface area is 137 Å². The van der Waals surface area contributed by atoms with E-state index in [-0.39, 0.29) is 18.5 Å². The summed E-state index contributed by atoms with van der Waals surface area (Å²) < 4.78 is 4.89. The number of nitrogens with zero attached hydrogens (tertiary/aromatic N) is 1. The van der Waals surface area contributed by atoms with Gasteiger partial charge in [-0.15, -0.1) is 0 Å². The van der Waals surface area contributed by atoms with E-state index in [1.807, 2.05) is 33.8 Å². The molecule has 1 heterocycles. The lowest BCUT2D eigenvalue weighted by Gasteiger charge is -2.30. The Morgan fingerprint density at radius 3 is 2.30 bits per heavy atom. The SMILES string of the molecule is COCON1C(=O)C(c2c(C)cc(C)c(C)c2C)=C(O)C1(C)C. The van der Waals surface area contributed by atoms with Gasteiger partial charge in [-0.25, -0.2) is 9.90 Å². The van der Waals surface area contributed by atoms with E-state index >= 15 is 0 Å². The molecule has 1 aliphatic rings. The molecule has 1 amide bonds. The third kappa shape index (κ3) is 2.64. The molecular weight excluding hydrogens is 294 g/mol. The molecule has 1 aromatic rings. The summed E-state index contributed by atoms with van der Waals surface area (Å²) in [5.41, 5.74) is 4.40. The summed E-state index contributed by atoms with van der Waals surface area (Å²) in [6.07, 6.45) is 0. The maximum Gasteiger partial charge on any atom is 0.282 e. The third-order valence-corrected chi connectivity index (χ3v) is 4.63. The van der Waals surface area contributed by atoms with Gasteiger partial charge in [-0.1, -0.05) is 6.07 Å². The summed E-state index contributed by atoms with van der Waals surface area (Å²) in [4.78, 5) is 18.3. The van der Waals surface area contributed by atoms with Crippen LogP contribution in [0.15, 0.2) is 11.8 Å². The molecule has 1 aliphatic heterocycles. The van der Waals surface area contributed by atoms with E-state index in [2.05, 4.69) is 0 Å². The Hall–Kier alpha value is -1.85. The molecule has 0 aliphatic carbocycles. The standard InChI is InChI=1S/C18H25NO4/c1-10-8-11(2)14(13(4)12(10)3)15-16(20)18(5,6)19(17(15)21)23-9-22-7/h8,20H,9H2,1-7H3. The number of benzene rings is 1. The first-order chi connectivity index (χ1) is 10.6. The number of hydrogen-bond acceptors (Lipinski definition) is 4. The van der Waals surface area contributed by atoms with Crippen LogP contribution in [-0.2, 0) is 14.4 Å². The van der Waals surface area contributed by atoms with Crippen LogP contribution < -0.4 is 0 Å². The molecule has 0 atom stereocenters. The molecule has 5 heteroatoms. The number of aryl methyl sites for hydroxylation is 2. The number of ether oxygens (including phenoxy) is 1. The fourth-order valence-corrected chi connectivity index (χ4v) is 3.08. The van der Waals surface area contributed by atoms with E-state index in [0.717, 1.165) is 22.3 Å². The number of amides is 1. The van der Waals surface area contributed by atoms with Crippen molar-refractivity contribution in [2.45, 2.75) is 47.1 Å². The average molecular weight is 319 g/mol. The second-order valence-corrected chi connectivity index (χ2v) is 6.55. The summed E-state index contributed by atoms with van der Waals surface area (Å²) >= 11 is 0. The van der Waals surface area contributed by atoms with Gasteiger partial charge in [-0.3, -0.25) is 4.79 Å². The van der Waals surface area contributed by atoms with E-state index in [1.165, 1.54) is 17.7 Å². The number of aliphatic hydroxyl groups excluding tert-OH is 1. The minimum absolute atomic E-state index is 0.0213. The Kier molecular flexibility index (Phi) is 4.55. The minimum Gasteiger partial charge on any atom is -0.509 e. The van der Waals surface area contributed by atoms with Gasteiger partial charge in [0.1, 0.15) is 11.3 Å². The smallest absolute Gasteiger partial charge is 0.282 e. The van der Waals surface area contributed by atoms with Gasteiger partial charge in [0.2, 0.25) is 0 Å². The summed E-state index contributed by atoms with van der Waals surface area (Å²) in [6, 6.07) is 2.04. The van der Waals surface area contributed by atoms with Crippen molar-refractivity contribution in [2.75, 3.05) is 13.9 Å². The van der Waals surface area contributed by atoms with Crippen molar-refractivity contribution in [1.29, 1.82) is 0 Å². The first kappa shape index (κ1) is 17.5. The normalized spacial score (nSPS) is 17.3. The molecule has 0 fully saturated rings. The van der Waals surface area contributed by atoms with Crippen LogP contribution in [0.25, 0.3) is 5.57 Å². The molecule has 5 nitrogen and oxygen atoms in total. The van der Waals surface area contributed by atoms with E-state index in [4.69, 9.17) is 9.57 Å². The first-order valence-electron chi connectivity index (χ1n) is 7.62. The predicted molar refractivity (Wildman–Crippen MR) is 88.8 cm³/mol. The number of carbonyl (C=O) groups excluding carboxylic acids is 1. The van der Waals surface area contributed by atoms with Crippen LogP contribution in [0, 0.1) is 27.7 Å². The molecule has 0 saturated carbocycles. The molecule has 23 heavy (non-hydrogen) atoms. The lowest BCUT2D eigenvalue weighted by Crippen LogP contribution is -2.43. The molecule has 0 saturated heterocycles. The quantitative estimate of drug-likeness (QED) is 0.865. The van der Waals surface area contributed by atoms with Crippen LogP contribution in [-0.4, -0.2) is 35.5 Å². The van der Waals surface area contributed by atoms with Crippen LogP contribution in [0.4, 0.5) is 0 Å². The van der Waals surface area contributed by atoms with Crippen molar-refractivity contribution >= 4 is 11.5 Å². The number of hydroxylamine groups is 2. The largest absolute Gasteiger partial charge is 0.509 e. The highest BCUT2D eigenvalue weighted by molar-refractivity contribution is 6.23. The molecule has 0 bridgehead atoms. The summed E-state index contributed by atoms with van der Waals surface area (Å²) in [7, 11) is 1.49. The number of aliphatic hydroxyl groups is 1. The number of hydrogen-bond donors (Lipinski definition) is 1. The molecule has 2 rings (SSSR count). The van der Waals surface area contributed by atoms with Crippen molar-refractivity contribution in [3.8, 4) is 0 Å². The van der Waals surface area contributed by atoms with Crippen LogP contribution in [0.3, 0.4) is 0 Å². The topological polar surface area (TPSA) is 59.0 Å². The van der Waals surface area contributed by atoms with E-state index in [9.17, 15) is 9.90 Å². The number of rotatable bonds is 4. The van der Waals surface area contributed by atoms with Crippen LogP contribution in [0.1, 0.15) is 41.7 Å². The van der Waals surface area contributed by atoms with Crippen molar-refractivity contribution < 1.29 is 19.5 Å². The van der Waals surface area contributed by atoms with Gasteiger partial charge in [0, 0.05) is 7.11 Å². The monoisotopic (exact) mass is 319 g/mol. The minimum atomic E-state index is -0.942.